The average Bonchev–Trinajstić information content (AvgIpc) is 2.29. The van der Waals surface area contributed by atoms with Crippen molar-refractivity contribution in [2.45, 2.75) is 64.5 Å². The molecule has 14 heavy (non-hydrogen) atoms. The summed E-state index contributed by atoms with van der Waals surface area (Å²) in [6.07, 6.45) is 5.69. The summed E-state index contributed by atoms with van der Waals surface area (Å²) in [5.74, 6) is 0.791. The van der Waals surface area contributed by atoms with Crippen LogP contribution < -0.4 is 5.32 Å². The molecule has 0 saturated heterocycles. The minimum atomic E-state index is -0.237. The molecule has 0 aromatic heterocycles. The first-order chi connectivity index (χ1) is 6.58. The molecule has 1 N–H and O–H groups in total. The Balaban J connectivity index is 2.64. The summed E-state index contributed by atoms with van der Waals surface area (Å²) >= 11 is 0. The molecule has 80 valence electrons. The van der Waals surface area contributed by atoms with Crippen LogP contribution in [-0.2, 0) is 0 Å². The summed E-state index contributed by atoms with van der Waals surface area (Å²) in [4.78, 5) is 0. The predicted molar refractivity (Wildman–Crippen MR) is 58.9 cm³/mol. The number of rotatable bonds is 2. The van der Waals surface area contributed by atoms with Crippen LogP contribution in [0.25, 0.3) is 0 Å². The molecule has 1 aliphatic rings. The molecule has 1 fully saturated rings. The van der Waals surface area contributed by atoms with Gasteiger partial charge in [0.2, 0.25) is 0 Å². The van der Waals surface area contributed by atoms with Crippen LogP contribution >= 0.6 is 0 Å². The molecule has 0 aromatic carbocycles. The third-order valence-electron chi connectivity index (χ3n) is 3.14. The Morgan fingerprint density at radius 1 is 1.36 bits per heavy atom. The summed E-state index contributed by atoms with van der Waals surface area (Å²) in [5, 5.41) is 12.7. The second-order valence-corrected chi connectivity index (χ2v) is 5.03. The zero-order chi connectivity index (χ0) is 10.6. The van der Waals surface area contributed by atoms with E-state index in [4.69, 9.17) is 0 Å². The predicted octanol–water partition coefficient (Wildman–Crippen LogP) is 2.85. The fraction of sp³-hybridized carbons (Fsp3) is 0.917. The summed E-state index contributed by atoms with van der Waals surface area (Å²) in [6.45, 7) is 6.53. The lowest BCUT2D eigenvalue weighted by atomic mass is 9.90. The maximum Gasteiger partial charge on any atom is 0.106 e. The zero-order valence-corrected chi connectivity index (χ0v) is 9.64. The van der Waals surface area contributed by atoms with Crippen molar-refractivity contribution in [1.82, 2.24) is 5.32 Å². The Bertz CT molecular complexity index is 217. The molecular weight excluding hydrogens is 172 g/mol. The minimum absolute atomic E-state index is 0.237. The van der Waals surface area contributed by atoms with E-state index in [2.05, 4.69) is 32.2 Å². The van der Waals surface area contributed by atoms with Crippen LogP contribution in [0.4, 0.5) is 0 Å². The molecule has 1 rings (SSSR count). The number of hydrogen-bond donors (Lipinski definition) is 1. The van der Waals surface area contributed by atoms with Gasteiger partial charge in [-0.25, -0.2) is 0 Å². The molecule has 0 aliphatic heterocycles. The quantitative estimate of drug-likeness (QED) is 0.686. The molecule has 2 nitrogen and oxygen atoms in total. The summed E-state index contributed by atoms with van der Waals surface area (Å²) in [6, 6.07) is 2.90. The topological polar surface area (TPSA) is 35.8 Å². The van der Waals surface area contributed by atoms with Gasteiger partial charge in [-0.2, -0.15) is 5.26 Å². The first-order valence-corrected chi connectivity index (χ1v) is 5.77. The lowest BCUT2D eigenvalue weighted by Crippen LogP contribution is -2.47. The molecule has 0 aromatic rings. The van der Waals surface area contributed by atoms with E-state index in [1.807, 2.05) is 0 Å². The smallest absolute Gasteiger partial charge is 0.106 e. The van der Waals surface area contributed by atoms with Crippen molar-refractivity contribution in [3.8, 4) is 6.07 Å². The van der Waals surface area contributed by atoms with E-state index in [9.17, 15) is 5.26 Å². The van der Waals surface area contributed by atoms with Crippen molar-refractivity contribution in [1.29, 1.82) is 5.26 Å². The number of nitrogens with zero attached hydrogens (tertiary/aromatic N) is 1. The van der Waals surface area contributed by atoms with Crippen LogP contribution in [0.1, 0.15) is 52.9 Å². The van der Waals surface area contributed by atoms with Gasteiger partial charge in [-0.15, -0.1) is 0 Å². The highest BCUT2D eigenvalue weighted by atomic mass is 15.0. The fourth-order valence-electron chi connectivity index (χ4n) is 2.36. The van der Waals surface area contributed by atoms with Crippen LogP contribution in [-0.4, -0.2) is 11.6 Å². The number of hydrogen-bond acceptors (Lipinski definition) is 2. The molecule has 0 spiro atoms. The lowest BCUT2D eigenvalue weighted by Gasteiger charge is -2.28. The van der Waals surface area contributed by atoms with Crippen molar-refractivity contribution in [2.24, 2.45) is 5.92 Å². The Hall–Kier alpha value is -0.550. The van der Waals surface area contributed by atoms with Crippen LogP contribution in [0.2, 0.25) is 0 Å². The van der Waals surface area contributed by atoms with Gasteiger partial charge < -0.3 is 0 Å². The maximum atomic E-state index is 9.29. The van der Waals surface area contributed by atoms with E-state index in [0.29, 0.717) is 6.04 Å². The molecule has 0 heterocycles. The molecule has 2 heteroatoms. The third-order valence-corrected chi connectivity index (χ3v) is 3.14. The van der Waals surface area contributed by atoms with E-state index >= 15 is 0 Å². The van der Waals surface area contributed by atoms with Crippen LogP contribution in [0.3, 0.4) is 0 Å². The standard InChI is InChI=1S/C12H22N2/c1-10(2)14-12(9-13)7-4-5-11(3)6-8-12/h10-11,14H,4-8H2,1-3H3. The zero-order valence-electron chi connectivity index (χ0n) is 9.64. The highest BCUT2D eigenvalue weighted by molar-refractivity contribution is 5.08. The van der Waals surface area contributed by atoms with Crippen molar-refractivity contribution in [3.63, 3.8) is 0 Å². The largest absolute Gasteiger partial charge is 0.297 e. The van der Waals surface area contributed by atoms with Gasteiger partial charge in [0, 0.05) is 6.04 Å². The Labute approximate surface area is 87.7 Å². The average molecular weight is 194 g/mol. The van der Waals surface area contributed by atoms with Crippen LogP contribution in [0.5, 0.6) is 0 Å². The highest BCUT2D eigenvalue weighted by Crippen LogP contribution is 2.30. The number of nitriles is 1. The van der Waals surface area contributed by atoms with Gasteiger partial charge in [-0.1, -0.05) is 19.8 Å². The summed E-state index contributed by atoms with van der Waals surface area (Å²) in [5.41, 5.74) is -0.237. The second kappa shape index (κ2) is 4.79. The molecule has 0 bridgehead atoms. The normalized spacial score (nSPS) is 33.8. The maximum absolute atomic E-state index is 9.29. The Kier molecular flexibility index (Phi) is 3.95. The number of nitrogens with one attached hydrogen (secondary N) is 1. The summed E-state index contributed by atoms with van der Waals surface area (Å²) in [7, 11) is 0. The Morgan fingerprint density at radius 3 is 2.64 bits per heavy atom. The van der Waals surface area contributed by atoms with Crippen molar-refractivity contribution in [2.75, 3.05) is 0 Å². The van der Waals surface area contributed by atoms with Gasteiger partial charge in [-0.3, -0.25) is 5.32 Å². The minimum Gasteiger partial charge on any atom is -0.297 e. The van der Waals surface area contributed by atoms with Crippen molar-refractivity contribution < 1.29 is 0 Å². The van der Waals surface area contributed by atoms with Crippen LogP contribution in [0.15, 0.2) is 0 Å². The SMILES string of the molecule is CC1CCCC(C#N)(NC(C)C)CC1. The molecule has 2 atom stereocenters. The van der Waals surface area contributed by atoms with Crippen molar-refractivity contribution >= 4 is 0 Å². The third kappa shape index (κ3) is 2.99. The molecule has 2 unspecified atom stereocenters. The van der Waals surface area contributed by atoms with Gasteiger partial charge in [0.25, 0.3) is 0 Å². The van der Waals surface area contributed by atoms with Gasteiger partial charge in [0.05, 0.1) is 6.07 Å². The van der Waals surface area contributed by atoms with Crippen molar-refractivity contribution in [3.05, 3.63) is 0 Å². The highest BCUT2D eigenvalue weighted by Gasteiger charge is 2.32. The second-order valence-electron chi connectivity index (χ2n) is 5.03. The first kappa shape index (κ1) is 11.5. The molecule has 0 amide bonds. The molecule has 1 aliphatic carbocycles. The van der Waals surface area contributed by atoms with E-state index < -0.39 is 0 Å². The van der Waals surface area contributed by atoms with E-state index in [1.54, 1.807) is 0 Å². The van der Waals surface area contributed by atoms with Gasteiger partial charge >= 0.3 is 0 Å². The molecule has 0 radical (unpaired) electrons. The van der Waals surface area contributed by atoms with E-state index in [1.165, 1.54) is 19.3 Å². The summed E-state index contributed by atoms with van der Waals surface area (Å²) < 4.78 is 0. The molecule has 1 saturated carbocycles. The lowest BCUT2D eigenvalue weighted by molar-refractivity contribution is 0.333. The first-order valence-electron chi connectivity index (χ1n) is 5.77. The monoisotopic (exact) mass is 194 g/mol. The van der Waals surface area contributed by atoms with Gasteiger partial charge in [0.15, 0.2) is 0 Å². The van der Waals surface area contributed by atoms with E-state index in [0.717, 1.165) is 18.8 Å². The van der Waals surface area contributed by atoms with Gasteiger partial charge in [-0.05, 0) is 39.0 Å². The van der Waals surface area contributed by atoms with E-state index in [-0.39, 0.29) is 5.54 Å². The fourth-order valence-corrected chi connectivity index (χ4v) is 2.36. The Morgan fingerprint density at radius 2 is 2.07 bits per heavy atom. The van der Waals surface area contributed by atoms with Gasteiger partial charge in [0.1, 0.15) is 5.54 Å². The molecular formula is C12H22N2. The van der Waals surface area contributed by atoms with Crippen LogP contribution in [0, 0.1) is 17.2 Å².